The first-order valence-electron chi connectivity index (χ1n) is 13.9. The van der Waals surface area contributed by atoms with Crippen LogP contribution in [-0.2, 0) is 4.79 Å². The minimum absolute atomic E-state index is 0.0926. The van der Waals surface area contributed by atoms with Gasteiger partial charge in [0.15, 0.2) is 5.82 Å². The van der Waals surface area contributed by atoms with E-state index in [4.69, 9.17) is 9.72 Å². The fraction of sp³-hybridized carbons (Fsp3) is 0.571. The second-order valence-corrected chi connectivity index (χ2v) is 12.0. The zero-order chi connectivity index (χ0) is 27.7. The summed E-state index contributed by atoms with van der Waals surface area (Å²) < 4.78 is 7.97. The number of ether oxygens (including phenoxy) is 1. The Morgan fingerprint density at radius 3 is 2.59 bits per heavy atom. The number of nitrogens with zero attached hydrogens (tertiary/aromatic N) is 6. The molecular formula is C28H38IN7O3. The average molecular weight is 648 g/mol. The molecule has 2 aromatic rings. The number of aromatic nitrogens is 2. The lowest BCUT2D eigenvalue weighted by Gasteiger charge is -2.43. The van der Waals surface area contributed by atoms with E-state index in [1.54, 1.807) is 31.3 Å². The number of nitrogens with one attached hydrogen (secondary N) is 1. The molecule has 0 unspecified atom stereocenters. The fourth-order valence-corrected chi connectivity index (χ4v) is 6.56. The van der Waals surface area contributed by atoms with Gasteiger partial charge in [0, 0.05) is 67.7 Å². The van der Waals surface area contributed by atoms with E-state index >= 15 is 0 Å². The van der Waals surface area contributed by atoms with E-state index in [9.17, 15) is 9.59 Å². The predicted octanol–water partition coefficient (Wildman–Crippen LogP) is 4.30. The molecule has 0 radical (unpaired) electrons. The normalized spacial score (nSPS) is 20.7. The first-order chi connectivity index (χ1) is 18.8. The van der Waals surface area contributed by atoms with Crippen LogP contribution in [-0.4, -0.2) is 77.3 Å². The molecule has 3 aliphatic rings. The summed E-state index contributed by atoms with van der Waals surface area (Å²) in [4.78, 5) is 41.7. The Kier molecular flexibility index (Phi) is 8.46. The highest BCUT2D eigenvalue weighted by atomic mass is 127. The van der Waals surface area contributed by atoms with Gasteiger partial charge in [0.05, 0.1) is 19.0 Å². The lowest BCUT2D eigenvalue weighted by atomic mass is 10.0. The second-order valence-electron chi connectivity index (χ2n) is 10.6. The minimum atomic E-state index is -0.227. The summed E-state index contributed by atoms with van der Waals surface area (Å²) in [7, 11) is 5.30. The Morgan fingerprint density at radius 2 is 1.92 bits per heavy atom. The number of anilines is 4. The van der Waals surface area contributed by atoms with Crippen molar-refractivity contribution in [1.82, 2.24) is 18.4 Å². The molecular weight excluding hydrogens is 609 g/mol. The molecule has 210 valence electrons. The molecule has 0 bridgehead atoms. The third-order valence-electron chi connectivity index (χ3n) is 8.28. The number of rotatable bonds is 7. The van der Waals surface area contributed by atoms with E-state index in [1.165, 1.54) is 12.8 Å². The highest BCUT2D eigenvalue weighted by Gasteiger charge is 2.41. The van der Waals surface area contributed by atoms with Gasteiger partial charge in [0.2, 0.25) is 11.9 Å². The molecule has 1 saturated carbocycles. The SMILES string of the molecule is CC[C@@H]1C(=O)N(C)c2cnc(N(C)c3ccc(C(=O)NC4CCN(I)CC4)cc3OC)nc2N1C1CCCC1. The summed E-state index contributed by atoms with van der Waals surface area (Å²) in [5, 5.41) is 3.17. The Balaban J connectivity index is 1.42. The van der Waals surface area contributed by atoms with Gasteiger partial charge in [0.1, 0.15) is 17.5 Å². The van der Waals surface area contributed by atoms with Crippen molar-refractivity contribution in [3.8, 4) is 5.75 Å². The van der Waals surface area contributed by atoms with Crippen molar-refractivity contribution in [2.45, 2.75) is 70.0 Å². The fourth-order valence-electron chi connectivity index (χ4n) is 6.00. The van der Waals surface area contributed by atoms with E-state index in [0.717, 1.165) is 62.4 Å². The Morgan fingerprint density at radius 1 is 1.21 bits per heavy atom. The Labute approximate surface area is 244 Å². The number of hydrogen-bond donors (Lipinski definition) is 1. The first-order valence-corrected chi connectivity index (χ1v) is 14.8. The maximum Gasteiger partial charge on any atom is 0.251 e. The summed E-state index contributed by atoms with van der Waals surface area (Å²) in [6.07, 6.45) is 8.83. The monoisotopic (exact) mass is 647 g/mol. The molecule has 5 rings (SSSR count). The van der Waals surface area contributed by atoms with Gasteiger partial charge in [0.25, 0.3) is 5.91 Å². The number of benzene rings is 1. The van der Waals surface area contributed by atoms with E-state index in [0.29, 0.717) is 23.3 Å². The van der Waals surface area contributed by atoms with Crippen molar-refractivity contribution in [3.05, 3.63) is 30.0 Å². The van der Waals surface area contributed by atoms with Gasteiger partial charge in [-0.1, -0.05) is 19.8 Å². The van der Waals surface area contributed by atoms with Crippen molar-refractivity contribution >= 4 is 57.8 Å². The van der Waals surface area contributed by atoms with Crippen molar-refractivity contribution < 1.29 is 14.3 Å². The van der Waals surface area contributed by atoms with Gasteiger partial charge in [-0.2, -0.15) is 4.98 Å². The molecule has 2 amide bonds. The van der Waals surface area contributed by atoms with Crippen LogP contribution in [0.25, 0.3) is 0 Å². The lowest BCUT2D eigenvalue weighted by Crippen LogP contribution is -2.55. The van der Waals surface area contributed by atoms with Crippen molar-refractivity contribution in [2.75, 3.05) is 49.0 Å². The second kappa shape index (κ2) is 11.8. The highest BCUT2D eigenvalue weighted by molar-refractivity contribution is 14.1. The number of methoxy groups -OCH3 is 1. The van der Waals surface area contributed by atoms with Gasteiger partial charge < -0.3 is 24.8 Å². The number of carbonyl (C=O) groups is 2. The summed E-state index contributed by atoms with van der Waals surface area (Å²) >= 11 is 2.33. The Hall–Kier alpha value is -2.67. The maximum atomic E-state index is 13.2. The highest BCUT2D eigenvalue weighted by Crippen LogP contribution is 2.41. The van der Waals surface area contributed by atoms with Crippen LogP contribution >= 0.6 is 22.9 Å². The van der Waals surface area contributed by atoms with E-state index < -0.39 is 0 Å². The van der Waals surface area contributed by atoms with Gasteiger partial charge >= 0.3 is 0 Å². The number of halogens is 1. The van der Waals surface area contributed by atoms with Crippen LogP contribution in [0.15, 0.2) is 24.4 Å². The summed E-state index contributed by atoms with van der Waals surface area (Å²) in [5.41, 5.74) is 2.05. The molecule has 1 N–H and O–H groups in total. The summed E-state index contributed by atoms with van der Waals surface area (Å²) in [5.74, 6) is 1.89. The zero-order valence-corrected chi connectivity index (χ0v) is 25.3. The minimum Gasteiger partial charge on any atom is -0.495 e. The van der Waals surface area contributed by atoms with Crippen LogP contribution in [0.2, 0.25) is 0 Å². The number of carbonyl (C=O) groups excluding carboxylic acids is 2. The lowest BCUT2D eigenvalue weighted by molar-refractivity contribution is -0.120. The zero-order valence-electron chi connectivity index (χ0n) is 23.2. The number of likely N-dealkylation sites (N-methyl/N-ethyl adjacent to an activating group) is 1. The number of amides is 2. The van der Waals surface area contributed by atoms with E-state index in [1.807, 2.05) is 24.1 Å². The Bertz CT molecular complexity index is 1210. The van der Waals surface area contributed by atoms with Crippen LogP contribution in [0.3, 0.4) is 0 Å². The molecule has 1 atom stereocenters. The van der Waals surface area contributed by atoms with Crippen molar-refractivity contribution in [1.29, 1.82) is 0 Å². The molecule has 3 heterocycles. The average Bonchev–Trinajstić information content (AvgIpc) is 3.49. The number of fused-ring (bicyclic) bond motifs is 1. The van der Waals surface area contributed by atoms with E-state index in [2.05, 4.69) is 48.1 Å². The van der Waals surface area contributed by atoms with E-state index in [-0.39, 0.29) is 23.9 Å². The standard InChI is InChI=1S/C28H38IN7O3/c1-5-21-27(38)33(2)23-17-30-28(32-25(23)36(21)20-8-6-7-9-20)34(3)22-11-10-18(16-24(22)39-4)26(37)31-19-12-14-35(29)15-13-19/h10-11,16-17,19-21H,5-9,12-15H2,1-4H3,(H,31,37)/t21-/m1/s1. The van der Waals surface area contributed by atoms with Gasteiger partial charge in [-0.3, -0.25) is 9.59 Å². The molecule has 1 aliphatic carbocycles. The molecule has 2 fully saturated rings. The van der Waals surface area contributed by atoms with Crippen molar-refractivity contribution in [2.24, 2.45) is 0 Å². The summed E-state index contributed by atoms with van der Waals surface area (Å²) in [6.45, 7) is 4.01. The predicted molar refractivity (Wildman–Crippen MR) is 161 cm³/mol. The molecule has 1 aromatic heterocycles. The van der Waals surface area contributed by atoms with Gasteiger partial charge in [-0.05, 0) is 50.3 Å². The van der Waals surface area contributed by atoms with Gasteiger partial charge in [-0.15, -0.1) is 0 Å². The smallest absolute Gasteiger partial charge is 0.251 e. The number of hydrogen-bond acceptors (Lipinski definition) is 8. The third-order valence-corrected chi connectivity index (χ3v) is 9.24. The quantitative estimate of drug-likeness (QED) is 0.352. The molecule has 10 nitrogen and oxygen atoms in total. The van der Waals surface area contributed by atoms with Crippen LogP contribution in [0.1, 0.15) is 62.2 Å². The van der Waals surface area contributed by atoms with Crippen LogP contribution < -0.4 is 24.8 Å². The molecule has 11 heteroatoms. The molecule has 1 saturated heterocycles. The molecule has 0 spiro atoms. The first kappa shape index (κ1) is 27.9. The number of piperidine rings is 1. The largest absolute Gasteiger partial charge is 0.495 e. The molecule has 1 aromatic carbocycles. The van der Waals surface area contributed by atoms with Gasteiger partial charge in [-0.25, -0.2) is 8.10 Å². The van der Waals surface area contributed by atoms with Crippen LogP contribution in [0.5, 0.6) is 5.75 Å². The molecule has 39 heavy (non-hydrogen) atoms. The molecule has 2 aliphatic heterocycles. The van der Waals surface area contributed by atoms with Crippen LogP contribution in [0, 0.1) is 0 Å². The summed E-state index contributed by atoms with van der Waals surface area (Å²) in [6, 6.07) is 5.73. The van der Waals surface area contributed by atoms with Crippen LogP contribution in [0.4, 0.5) is 23.1 Å². The van der Waals surface area contributed by atoms with Crippen molar-refractivity contribution in [3.63, 3.8) is 0 Å². The third kappa shape index (κ3) is 5.52. The topological polar surface area (TPSA) is 94.1 Å². The maximum absolute atomic E-state index is 13.2.